The Morgan fingerprint density at radius 3 is 2.58 bits per heavy atom. The molecule has 1 nitrogen and oxygen atoms in total. The third kappa shape index (κ3) is 3.60. The highest BCUT2D eigenvalue weighted by Gasteiger charge is 2.10. The molecule has 0 aliphatic rings. The molecule has 0 aromatic heterocycles. The van der Waals surface area contributed by atoms with E-state index < -0.39 is 0 Å². The first-order valence-electron chi connectivity index (χ1n) is 5.95. The predicted molar refractivity (Wildman–Crippen MR) is 87.3 cm³/mol. The Kier molecular flexibility index (Phi) is 4.68. The zero-order chi connectivity index (χ0) is 14.0. The van der Waals surface area contributed by atoms with Gasteiger partial charge in [0.05, 0.1) is 0 Å². The molecule has 2 aromatic carbocycles. The molecular formula is C15H14ClFIN. The van der Waals surface area contributed by atoms with Crippen LogP contribution in [0.5, 0.6) is 0 Å². The Balaban J connectivity index is 2.20. The number of rotatable bonds is 3. The van der Waals surface area contributed by atoms with Crippen LogP contribution in [0, 0.1) is 16.3 Å². The fourth-order valence-corrected chi connectivity index (χ4v) is 2.71. The summed E-state index contributed by atoms with van der Waals surface area (Å²) in [6.07, 6.45) is 0. The van der Waals surface area contributed by atoms with Gasteiger partial charge in [0.25, 0.3) is 0 Å². The van der Waals surface area contributed by atoms with Crippen LogP contribution in [-0.4, -0.2) is 0 Å². The van der Waals surface area contributed by atoms with Crippen LogP contribution >= 0.6 is 34.2 Å². The molecule has 0 heterocycles. The maximum atomic E-state index is 13.0. The van der Waals surface area contributed by atoms with Gasteiger partial charge >= 0.3 is 0 Å². The number of hydrogen-bond acceptors (Lipinski definition) is 1. The molecule has 0 fully saturated rings. The van der Waals surface area contributed by atoms with E-state index in [1.165, 1.54) is 21.3 Å². The van der Waals surface area contributed by atoms with Crippen molar-refractivity contribution in [2.45, 2.75) is 19.9 Å². The summed E-state index contributed by atoms with van der Waals surface area (Å²) in [5.41, 5.74) is 3.17. The SMILES string of the molecule is Cc1ccc(NC(C)c2ccc(F)cc2Cl)cc1I. The summed E-state index contributed by atoms with van der Waals surface area (Å²) in [4.78, 5) is 0. The van der Waals surface area contributed by atoms with Gasteiger partial charge in [-0.15, -0.1) is 0 Å². The maximum absolute atomic E-state index is 13.0. The van der Waals surface area contributed by atoms with Gasteiger partial charge in [0.2, 0.25) is 0 Å². The number of benzene rings is 2. The van der Waals surface area contributed by atoms with Crippen LogP contribution < -0.4 is 5.32 Å². The molecule has 0 spiro atoms. The van der Waals surface area contributed by atoms with Gasteiger partial charge in [-0.05, 0) is 71.8 Å². The van der Waals surface area contributed by atoms with Crippen molar-refractivity contribution in [1.82, 2.24) is 0 Å². The highest BCUT2D eigenvalue weighted by atomic mass is 127. The van der Waals surface area contributed by atoms with Crippen LogP contribution in [-0.2, 0) is 0 Å². The minimum absolute atomic E-state index is 0.0200. The number of nitrogens with one attached hydrogen (secondary N) is 1. The van der Waals surface area contributed by atoms with E-state index in [1.807, 2.05) is 13.0 Å². The summed E-state index contributed by atoms with van der Waals surface area (Å²) in [5.74, 6) is -0.314. The Bertz CT molecular complexity index is 601. The largest absolute Gasteiger partial charge is 0.378 e. The van der Waals surface area contributed by atoms with E-state index in [9.17, 15) is 4.39 Å². The van der Waals surface area contributed by atoms with E-state index in [0.717, 1.165) is 11.3 Å². The van der Waals surface area contributed by atoms with Crippen molar-refractivity contribution >= 4 is 39.9 Å². The number of aryl methyl sites for hydroxylation is 1. The molecule has 0 aliphatic carbocycles. The van der Waals surface area contributed by atoms with Gasteiger partial charge in [-0.2, -0.15) is 0 Å². The minimum atomic E-state index is -0.314. The Morgan fingerprint density at radius 2 is 1.95 bits per heavy atom. The Hall–Kier alpha value is -0.810. The smallest absolute Gasteiger partial charge is 0.124 e. The second-order valence-electron chi connectivity index (χ2n) is 4.50. The zero-order valence-electron chi connectivity index (χ0n) is 10.7. The lowest BCUT2D eigenvalue weighted by molar-refractivity contribution is 0.626. The van der Waals surface area contributed by atoms with Crippen molar-refractivity contribution in [2.75, 3.05) is 5.32 Å². The van der Waals surface area contributed by atoms with Crippen molar-refractivity contribution in [3.63, 3.8) is 0 Å². The van der Waals surface area contributed by atoms with E-state index >= 15 is 0 Å². The lowest BCUT2D eigenvalue weighted by Crippen LogP contribution is -2.07. The van der Waals surface area contributed by atoms with E-state index in [2.05, 4.69) is 47.0 Å². The molecular weight excluding hydrogens is 376 g/mol. The molecule has 2 rings (SSSR count). The maximum Gasteiger partial charge on any atom is 0.124 e. The second-order valence-corrected chi connectivity index (χ2v) is 6.07. The lowest BCUT2D eigenvalue weighted by Gasteiger charge is -2.17. The summed E-state index contributed by atoms with van der Waals surface area (Å²) in [7, 11) is 0. The lowest BCUT2D eigenvalue weighted by atomic mass is 10.1. The molecule has 1 atom stereocenters. The summed E-state index contributed by atoms with van der Waals surface area (Å²) in [6, 6.07) is 10.7. The van der Waals surface area contributed by atoms with Crippen molar-refractivity contribution in [3.8, 4) is 0 Å². The summed E-state index contributed by atoms with van der Waals surface area (Å²) in [6.45, 7) is 4.08. The third-order valence-corrected chi connectivity index (χ3v) is 4.47. The van der Waals surface area contributed by atoms with Gasteiger partial charge < -0.3 is 5.32 Å². The third-order valence-electron chi connectivity index (χ3n) is 2.98. The molecule has 4 heteroatoms. The second kappa shape index (κ2) is 6.09. The van der Waals surface area contributed by atoms with E-state index in [1.54, 1.807) is 6.07 Å². The van der Waals surface area contributed by atoms with Gasteiger partial charge in [-0.25, -0.2) is 4.39 Å². The van der Waals surface area contributed by atoms with Crippen LogP contribution in [0.15, 0.2) is 36.4 Å². The molecule has 1 unspecified atom stereocenters. The van der Waals surface area contributed by atoms with E-state index in [-0.39, 0.29) is 11.9 Å². The van der Waals surface area contributed by atoms with E-state index in [4.69, 9.17) is 11.6 Å². The average molecular weight is 390 g/mol. The van der Waals surface area contributed by atoms with Gasteiger partial charge in [0, 0.05) is 20.3 Å². The van der Waals surface area contributed by atoms with Gasteiger partial charge in [0.15, 0.2) is 0 Å². The van der Waals surface area contributed by atoms with Crippen molar-refractivity contribution in [1.29, 1.82) is 0 Å². The number of anilines is 1. The highest BCUT2D eigenvalue weighted by molar-refractivity contribution is 14.1. The Labute approximate surface area is 131 Å². The first kappa shape index (κ1) is 14.6. The van der Waals surface area contributed by atoms with Gasteiger partial charge in [-0.3, -0.25) is 0 Å². The molecule has 0 radical (unpaired) electrons. The van der Waals surface area contributed by atoms with E-state index in [0.29, 0.717) is 5.02 Å². The molecule has 0 saturated heterocycles. The Morgan fingerprint density at radius 1 is 1.21 bits per heavy atom. The molecule has 0 bridgehead atoms. The molecule has 0 saturated carbocycles. The number of hydrogen-bond donors (Lipinski definition) is 1. The average Bonchev–Trinajstić information content (AvgIpc) is 2.33. The summed E-state index contributed by atoms with van der Waals surface area (Å²) >= 11 is 8.37. The van der Waals surface area contributed by atoms with Crippen LogP contribution in [0.1, 0.15) is 24.1 Å². The molecule has 100 valence electrons. The quantitative estimate of drug-likeness (QED) is 0.677. The topological polar surface area (TPSA) is 12.0 Å². The van der Waals surface area contributed by atoms with Crippen molar-refractivity contribution < 1.29 is 4.39 Å². The van der Waals surface area contributed by atoms with Crippen LogP contribution in [0.2, 0.25) is 5.02 Å². The van der Waals surface area contributed by atoms with Crippen LogP contribution in [0.25, 0.3) is 0 Å². The highest BCUT2D eigenvalue weighted by Crippen LogP contribution is 2.27. The van der Waals surface area contributed by atoms with Crippen molar-refractivity contribution in [2.24, 2.45) is 0 Å². The van der Waals surface area contributed by atoms with Crippen LogP contribution in [0.4, 0.5) is 10.1 Å². The molecule has 1 N–H and O–H groups in total. The summed E-state index contributed by atoms with van der Waals surface area (Å²) < 4.78 is 14.2. The fraction of sp³-hybridized carbons (Fsp3) is 0.200. The molecule has 19 heavy (non-hydrogen) atoms. The zero-order valence-corrected chi connectivity index (χ0v) is 13.6. The molecule has 0 amide bonds. The van der Waals surface area contributed by atoms with Crippen molar-refractivity contribution in [3.05, 3.63) is 61.9 Å². The first-order chi connectivity index (χ1) is 8.97. The normalized spacial score (nSPS) is 12.3. The molecule has 2 aromatic rings. The predicted octanol–water partition coefficient (Wildman–Crippen LogP) is 5.57. The molecule has 0 aliphatic heterocycles. The fourth-order valence-electron chi connectivity index (χ4n) is 1.86. The first-order valence-corrected chi connectivity index (χ1v) is 7.40. The monoisotopic (exact) mass is 389 g/mol. The minimum Gasteiger partial charge on any atom is -0.378 e. The van der Waals surface area contributed by atoms with Gasteiger partial charge in [-0.1, -0.05) is 23.7 Å². The van der Waals surface area contributed by atoms with Gasteiger partial charge in [0.1, 0.15) is 5.82 Å². The van der Waals surface area contributed by atoms with Crippen LogP contribution in [0.3, 0.4) is 0 Å². The summed E-state index contributed by atoms with van der Waals surface area (Å²) in [5, 5.41) is 3.82. The standard InChI is InChI=1S/C15H14ClFIN/c1-9-3-5-12(8-15(9)18)19-10(2)13-6-4-11(17)7-14(13)16/h3-8,10,19H,1-2H3. The number of halogens is 3.